The molecule has 7 heteroatoms. The summed E-state index contributed by atoms with van der Waals surface area (Å²) >= 11 is 2.21. The van der Waals surface area contributed by atoms with E-state index in [0.29, 0.717) is 16.9 Å². The van der Waals surface area contributed by atoms with Gasteiger partial charge >= 0.3 is 0 Å². The van der Waals surface area contributed by atoms with Crippen LogP contribution in [0.4, 0.5) is 11.4 Å². The molecule has 0 radical (unpaired) electrons. The smallest absolute Gasteiger partial charge is 0.262 e. The molecule has 0 aliphatic carbocycles. The molecule has 156 valence electrons. The Kier molecular flexibility index (Phi) is 6.52. The molecule has 0 saturated heterocycles. The summed E-state index contributed by atoms with van der Waals surface area (Å²) in [5, 5.41) is 2.86. The third kappa shape index (κ3) is 5.20. The lowest BCUT2D eigenvalue weighted by Crippen LogP contribution is -2.17. The van der Waals surface area contributed by atoms with E-state index >= 15 is 0 Å². The van der Waals surface area contributed by atoms with Gasteiger partial charge in [0, 0.05) is 20.5 Å². The molecule has 0 spiro atoms. The van der Waals surface area contributed by atoms with Crippen LogP contribution in [-0.4, -0.2) is 14.3 Å². The maximum Gasteiger partial charge on any atom is 0.262 e. The van der Waals surface area contributed by atoms with Crippen LogP contribution in [0.2, 0.25) is 0 Å². The van der Waals surface area contributed by atoms with Gasteiger partial charge in [0.2, 0.25) is 0 Å². The van der Waals surface area contributed by atoms with Crippen molar-refractivity contribution in [2.75, 3.05) is 10.0 Å². The number of rotatable bonds is 5. The Morgan fingerprint density at radius 2 is 1.50 bits per heavy atom. The van der Waals surface area contributed by atoms with E-state index in [1.165, 1.54) is 6.07 Å². The Labute approximate surface area is 191 Å². The standard InChI is InChI=1S/C23H23IN2O3S/c1-14-9-15(2)11-20(10-14)26-30(28,29)22-13-18(6-5-16(22)3)23(27)25-21-8-7-19(24)12-17(21)4/h5-13,26H,1-4H3,(H,25,27). The minimum atomic E-state index is -3.85. The van der Waals surface area contributed by atoms with Crippen molar-refractivity contribution in [3.05, 3.63) is 86.0 Å². The van der Waals surface area contributed by atoms with E-state index in [0.717, 1.165) is 20.3 Å². The van der Waals surface area contributed by atoms with Crippen molar-refractivity contribution in [1.29, 1.82) is 0 Å². The first kappa shape index (κ1) is 22.3. The van der Waals surface area contributed by atoms with Gasteiger partial charge in [0.25, 0.3) is 15.9 Å². The van der Waals surface area contributed by atoms with Gasteiger partial charge in [0.05, 0.1) is 4.90 Å². The number of hydrogen-bond donors (Lipinski definition) is 2. The molecule has 3 aromatic rings. The summed E-state index contributed by atoms with van der Waals surface area (Å²) in [6.07, 6.45) is 0. The topological polar surface area (TPSA) is 75.3 Å². The van der Waals surface area contributed by atoms with Gasteiger partial charge < -0.3 is 5.32 Å². The summed E-state index contributed by atoms with van der Waals surface area (Å²) in [5.74, 6) is -0.359. The lowest BCUT2D eigenvalue weighted by atomic mass is 10.1. The van der Waals surface area contributed by atoms with Gasteiger partial charge in [0.1, 0.15) is 0 Å². The summed E-state index contributed by atoms with van der Waals surface area (Å²) in [5.41, 5.74) is 4.89. The molecule has 0 unspecified atom stereocenters. The Hall–Kier alpha value is -2.39. The maximum absolute atomic E-state index is 13.0. The normalized spacial score (nSPS) is 11.2. The summed E-state index contributed by atoms with van der Waals surface area (Å²) in [7, 11) is -3.85. The lowest BCUT2D eigenvalue weighted by Gasteiger charge is -2.14. The maximum atomic E-state index is 13.0. The molecular weight excluding hydrogens is 511 g/mol. The number of aryl methyl sites for hydroxylation is 4. The molecule has 0 bridgehead atoms. The SMILES string of the molecule is Cc1cc(C)cc(NS(=O)(=O)c2cc(C(=O)Nc3ccc(I)cc3C)ccc2C)c1. The summed E-state index contributed by atoms with van der Waals surface area (Å²) in [4.78, 5) is 12.8. The minimum Gasteiger partial charge on any atom is -0.322 e. The van der Waals surface area contributed by atoms with Gasteiger partial charge in [-0.15, -0.1) is 0 Å². The van der Waals surface area contributed by atoms with Crippen LogP contribution in [0.15, 0.2) is 59.5 Å². The van der Waals surface area contributed by atoms with Crippen molar-refractivity contribution < 1.29 is 13.2 Å². The molecule has 0 fully saturated rings. The first-order valence-electron chi connectivity index (χ1n) is 9.34. The van der Waals surface area contributed by atoms with Crippen LogP contribution in [0.3, 0.4) is 0 Å². The summed E-state index contributed by atoms with van der Waals surface area (Å²) < 4.78 is 29.8. The molecule has 0 saturated carbocycles. The second-order valence-corrected chi connectivity index (χ2v) is 10.3. The van der Waals surface area contributed by atoms with E-state index in [2.05, 4.69) is 32.6 Å². The zero-order chi connectivity index (χ0) is 22.1. The highest BCUT2D eigenvalue weighted by Crippen LogP contribution is 2.24. The molecule has 0 atom stereocenters. The van der Waals surface area contributed by atoms with Crippen molar-refractivity contribution in [3.8, 4) is 0 Å². The second kappa shape index (κ2) is 8.77. The van der Waals surface area contributed by atoms with E-state index < -0.39 is 10.0 Å². The number of sulfonamides is 1. The predicted molar refractivity (Wildman–Crippen MR) is 130 cm³/mol. The van der Waals surface area contributed by atoms with E-state index in [4.69, 9.17) is 0 Å². The largest absolute Gasteiger partial charge is 0.322 e. The number of carbonyl (C=O) groups excluding carboxylic acids is 1. The van der Waals surface area contributed by atoms with Gasteiger partial charge in [-0.1, -0.05) is 12.1 Å². The number of amides is 1. The quantitative estimate of drug-likeness (QED) is 0.420. The fourth-order valence-corrected chi connectivity index (χ4v) is 5.20. The number of hydrogen-bond acceptors (Lipinski definition) is 3. The van der Waals surface area contributed by atoms with E-state index in [9.17, 15) is 13.2 Å². The Morgan fingerprint density at radius 3 is 2.13 bits per heavy atom. The third-order valence-corrected chi connectivity index (χ3v) is 6.84. The van der Waals surface area contributed by atoms with Crippen molar-refractivity contribution in [2.24, 2.45) is 0 Å². The Balaban J connectivity index is 1.91. The highest BCUT2D eigenvalue weighted by atomic mass is 127. The van der Waals surface area contributed by atoms with Crippen LogP contribution in [0.5, 0.6) is 0 Å². The fraction of sp³-hybridized carbons (Fsp3) is 0.174. The van der Waals surface area contributed by atoms with Gasteiger partial charge in [0.15, 0.2) is 0 Å². The van der Waals surface area contributed by atoms with Crippen LogP contribution in [0.1, 0.15) is 32.6 Å². The highest BCUT2D eigenvalue weighted by molar-refractivity contribution is 14.1. The number of benzene rings is 3. The van der Waals surface area contributed by atoms with Gasteiger partial charge in [-0.05, 0) is 115 Å². The fourth-order valence-electron chi connectivity index (χ4n) is 3.24. The van der Waals surface area contributed by atoms with Crippen LogP contribution < -0.4 is 10.0 Å². The molecule has 0 heterocycles. The molecular formula is C23H23IN2O3S. The molecule has 0 aliphatic heterocycles. The number of anilines is 2. The van der Waals surface area contributed by atoms with Crippen molar-refractivity contribution in [3.63, 3.8) is 0 Å². The number of carbonyl (C=O) groups is 1. The van der Waals surface area contributed by atoms with E-state index in [-0.39, 0.29) is 16.4 Å². The average Bonchev–Trinajstić information content (AvgIpc) is 2.62. The third-order valence-electron chi connectivity index (χ3n) is 4.65. The molecule has 3 rings (SSSR count). The molecule has 5 nitrogen and oxygen atoms in total. The lowest BCUT2D eigenvalue weighted by molar-refractivity contribution is 0.102. The van der Waals surface area contributed by atoms with Crippen molar-refractivity contribution in [2.45, 2.75) is 32.6 Å². The monoisotopic (exact) mass is 534 g/mol. The summed E-state index contributed by atoms with van der Waals surface area (Å²) in [6.45, 7) is 7.44. The minimum absolute atomic E-state index is 0.0774. The molecule has 2 N–H and O–H groups in total. The second-order valence-electron chi connectivity index (χ2n) is 7.38. The van der Waals surface area contributed by atoms with Crippen LogP contribution in [-0.2, 0) is 10.0 Å². The summed E-state index contributed by atoms with van der Waals surface area (Å²) in [6, 6.07) is 15.9. The molecule has 3 aromatic carbocycles. The van der Waals surface area contributed by atoms with Crippen LogP contribution in [0, 0.1) is 31.3 Å². The number of nitrogens with one attached hydrogen (secondary N) is 2. The number of halogens is 1. The van der Waals surface area contributed by atoms with E-state index in [1.54, 1.807) is 31.2 Å². The van der Waals surface area contributed by atoms with Gasteiger partial charge in [-0.3, -0.25) is 9.52 Å². The van der Waals surface area contributed by atoms with Gasteiger partial charge in [-0.2, -0.15) is 0 Å². The average molecular weight is 534 g/mol. The first-order chi connectivity index (χ1) is 14.0. The van der Waals surface area contributed by atoms with Crippen LogP contribution >= 0.6 is 22.6 Å². The highest BCUT2D eigenvalue weighted by Gasteiger charge is 2.20. The van der Waals surface area contributed by atoms with Crippen molar-refractivity contribution in [1.82, 2.24) is 0 Å². The molecule has 0 aliphatic rings. The zero-order valence-corrected chi connectivity index (χ0v) is 20.2. The molecule has 0 aromatic heterocycles. The Bertz CT molecular complexity index is 1220. The van der Waals surface area contributed by atoms with Crippen molar-refractivity contribution >= 4 is 49.9 Å². The first-order valence-corrected chi connectivity index (χ1v) is 11.9. The van der Waals surface area contributed by atoms with Gasteiger partial charge in [-0.25, -0.2) is 8.42 Å². The predicted octanol–water partition coefficient (Wildman–Crippen LogP) is 5.58. The zero-order valence-electron chi connectivity index (χ0n) is 17.2. The van der Waals surface area contributed by atoms with Crippen LogP contribution in [0.25, 0.3) is 0 Å². The Morgan fingerprint density at radius 1 is 0.833 bits per heavy atom. The van der Waals surface area contributed by atoms with E-state index in [1.807, 2.05) is 45.0 Å². The molecule has 1 amide bonds. The molecule has 30 heavy (non-hydrogen) atoms.